The standard InChI is InChI=1S/C42H43FN4O5Si/c1-26-40(53(2,3)43)37(22-39(50)46-24-28-12-8-7-11-27(28)19-32(46)25-48)52-42(26)34-21-30(17-18-36(34)47(41(42)51)31-13-5-4-6-14-31)45-38(49)20-29-23-44-35-16-10-9-15-33(29)35/h4-18,21,23,26,32,37,40,44,48H,19-20,22,24-25H2,1-3H3,(H,45,49)/t26-,32-,37+,40-,42+/m0/s1. The summed E-state index contributed by atoms with van der Waals surface area (Å²) < 4.78 is 23.6. The second kappa shape index (κ2) is 13.4. The molecule has 0 unspecified atom stereocenters. The Kier molecular flexibility index (Phi) is 8.83. The number of halogens is 1. The summed E-state index contributed by atoms with van der Waals surface area (Å²) in [6.07, 6.45) is 1.46. The lowest BCUT2D eigenvalue weighted by Crippen LogP contribution is -2.48. The Morgan fingerprint density at radius 3 is 2.47 bits per heavy atom. The van der Waals surface area contributed by atoms with Crippen molar-refractivity contribution in [3.63, 3.8) is 0 Å². The maximum Gasteiger partial charge on any atom is 0.268 e. The van der Waals surface area contributed by atoms with Gasteiger partial charge < -0.3 is 29.2 Å². The summed E-state index contributed by atoms with van der Waals surface area (Å²) in [4.78, 5) is 49.1. The average molecular weight is 731 g/mol. The number of para-hydroxylation sites is 2. The van der Waals surface area contributed by atoms with Crippen molar-refractivity contribution in [2.24, 2.45) is 5.92 Å². The summed E-state index contributed by atoms with van der Waals surface area (Å²) in [5.41, 5.74) is 3.82. The quantitative estimate of drug-likeness (QED) is 0.116. The Hall–Kier alpha value is -5.10. The number of benzene rings is 4. The van der Waals surface area contributed by atoms with Gasteiger partial charge in [-0.25, -0.2) is 0 Å². The number of fused-ring (bicyclic) bond motifs is 4. The van der Waals surface area contributed by atoms with Crippen LogP contribution in [0, 0.1) is 5.92 Å². The van der Waals surface area contributed by atoms with Gasteiger partial charge in [0.1, 0.15) is 0 Å². The Morgan fingerprint density at radius 2 is 1.72 bits per heavy atom. The van der Waals surface area contributed by atoms with Crippen molar-refractivity contribution in [3.05, 3.63) is 126 Å². The predicted molar refractivity (Wildman–Crippen MR) is 205 cm³/mol. The van der Waals surface area contributed by atoms with Crippen molar-refractivity contribution in [1.82, 2.24) is 9.88 Å². The number of anilines is 3. The Morgan fingerprint density at radius 1 is 1.00 bits per heavy atom. The number of hydrogen-bond donors (Lipinski definition) is 3. The first-order valence-electron chi connectivity index (χ1n) is 18.2. The van der Waals surface area contributed by atoms with Crippen LogP contribution in [0.3, 0.4) is 0 Å². The van der Waals surface area contributed by atoms with Crippen molar-refractivity contribution in [3.8, 4) is 0 Å². The largest absolute Gasteiger partial charge is 0.394 e. The van der Waals surface area contributed by atoms with E-state index in [0.717, 1.165) is 27.6 Å². The molecule has 1 saturated heterocycles. The van der Waals surface area contributed by atoms with Crippen LogP contribution >= 0.6 is 0 Å². The third-order valence-electron chi connectivity index (χ3n) is 11.5. The van der Waals surface area contributed by atoms with Gasteiger partial charge in [0.2, 0.25) is 20.2 Å². The lowest BCUT2D eigenvalue weighted by Gasteiger charge is -2.37. The highest BCUT2D eigenvalue weighted by Gasteiger charge is 2.67. The average Bonchev–Trinajstić information content (AvgIpc) is 3.77. The van der Waals surface area contributed by atoms with Crippen molar-refractivity contribution in [2.45, 2.75) is 69.1 Å². The van der Waals surface area contributed by atoms with Crippen LogP contribution in [0.1, 0.15) is 35.6 Å². The van der Waals surface area contributed by atoms with Crippen LogP contribution in [0.15, 0.2) is 103 Å². The number of amides is 3. The van der Waals surface area contributed by atoms with E-state index < -0.39 is 37.6 Å². The minimum Gasteiger partial charge on any atom is -0.394 e. The number of aromatic nitrogens is 1. The van der Waals surface area contributed by atoms with Crippen LogP contribution in [0.5, 0.6) is 0 Å². The highest BCUT2D eigenvalue weighted by molar-refractivity contribution is 6.72. The van der Waals surface area contributed by atoms with E-state index in [2.05, 4.69) is 10.3 Å². The molecule has 1 spiro atoms. The minimum atomic E-state index is -3.58. The van der Waals surface area contributed by atoms with Gasteiger partial charge in [-0.1, -0.05) is 67.6 Å². The SMILES string of the molecule is C[C@H]1[C@H]([Si](C)(C)F)[C@@H](CC(=O)N2Cc3ccccc3C[C@H]2CO)O[C@]12C(=O)N(c1ccccc1)c1ccc(NC(=O)Cc3c[nH]c4ccccc34)cc12. The number of carbonyl (C=O) groups excluding carboxylic acids is 3. The lowest BCUT2D eigenvalue weighted by atomic mass is 9.82. The predicted octanol–water partition coefficient (Wildman–Crippen LogP) is 7.14. The molecule has 3 amide bonds. The highest BCUT2D eigenvalue weighted by Crippen LogP contribution is 2.61. The van der Waals surface area contributed by atoms with E-state index >= 15 is 4.11 Å². The van der Waals surface area contributed by atoms with Crippen LogP contribution in [-0.4, -0.2) is 59.9 Å². The zero-order chi connectivity index (χ0) is 37.1. The summed E-state index contributed by atoms with van der Waals surface area (Å²) in [5.74, 6) is -1.47. The van der Waals surface area contributed by atoms with Gasteiger partial charge in [-0.3, -0.25) is 19.3 Å². The van der Waals surface area contributed by atoms with Crippen LogP contribution < -0.4 is 10.2 Å². The number of nitrogens with zero attached hydrogens (tertiary/aromatic N) is 2. The van der Waals surface area contributed by atoms with Crippen molar-refractivity contribution >= 4 is 54.1 Å². The van der Waals surface area contributed by atoms with Gasteiger partial charge in [0.15, 0.2) is 5.60 Å². The molecule has 272 valence electrons. The van der Waals surface area contributed by atoms with Gasteiger partial charge in [0.25, 0.3) is 5.91 Å². The second-order valence-electron chi connectivity index (χ2n) is 15.1. The molecule has 3 aliphatic rings. The normalized spacial score (nSPS) is 23.8. The molecule has 3 N–H and O–H groups in total. The first-order valence-corrected chi connectivity index (χ1v) is 21.2. The second-order valence-corrected chi connectivity index (χ2v) is 18.9. The number of H-pyrrole nitrogens is 1. The van der Waals surface area contributed by atoms with Gasteiger partial charge in [-0.15, -0.1) is 0 Å². The molecule has 1 fully saturated rings. The molecule has 4 aromatic carbocycles. The molecule has 4 heterocycles. The van der Waals surface area contributed by atoms with E-state index in [4.69, 9.17) is 4.74 Å². The minimum absolute atomic E-state index is 0.134. The van der Waals surface area contributed by atoms with Gasteiger partial charge in [-0.2, -0.15) is 0 Å². The zero-order valence-electron chi connectivity index (χ0n) is 30.0. The first-order chi connectivity index (χ1) is 25.5. The van der Waals surface area contributed by atoms with E-state index in [1.807, 2.05) is 92.0 Å². The molecule has 0 bridgehead atoms. The Bertz CT molecular complexity index is 2220. The molecule has 8 rings (SSSR count). The van der Waals surface area contributed by atoms with Crippen molar-refractivity contribution in [1.29, 1.82) is 0 Å². The number of nitrogens with one attached hydrogen (secondary N) is 2. The fourth-order valence-corrected chi connectivity index (χ4v) is 11.6. The maximum atomic E-state index is 16.6. The van der Waals surface area contributed by atoms with Gasteiger partial charge in [0.05, 0.1) is 37.3 Å². The molecule has 5 atom stereocenters. The van der Waals surface area contributed by atoms with Crippen LogP contribution in [0.25, 0.3) is 10.9 Å². The number of aliphatic hydroxyl groups is 1. The summed E-state index contributed by atoms with van der Waals surface area (Å²) in [6.45, 7) is 5.21. The fourth-order valence-electron chi connectivity index (χ4n) is 9.07. The van der Waals surface area contributed by atoms with Gasteiger partial charge >= 0.3 is 0 Å². The molecular formula is C42H43FN4O5Si. The molecule has 53 heavy (non-hydrogen) atoms. The van der Waals surface area contributed by atoms with E-state index in [9.17, 15) is 19.5 Å². The number of carbonyl (C=O) groups is 3. The fraction of sp³-hybridized carbons (Fsp3) is 0.310. The number of rotatable bonds is 8. The smallest absolute Gasteiger partial charge is 0.268 e. The Labute approximate surface area is 308 Å². The van der Waals surface area contributed by atoms with Crippen molar-refractivity contribution < 1.29 is 28.3 Å². The van der Waals surface area contributed by atoms with Crippen LogP contribution in [0.4, 0.5) is 21.2 Å². The number of aliphatic hydroxyl groups excluding tert-OH is 1. The summed E-state index contributed by atoms with van der Waals surface area (Å²) in [5, 5.41) is 14.3. The molecule has 11 heteroatoms. The molecule has 9 nitrogen and oxygen atoms in total. The maximum absolute atomic E-state index is 16.6. The molecule has 0 radical (unpaired) electrons. The van der Waals surface area contributed by atoms with E-state index in [1.54, 1.807) is 41.1 Å². The summed E-state index contributed by atoms with van der Waals surface area (Å²) in [7, 11) is -3.58. The van der Waals surface area contributed by atoms with Crippen LogP contribution in [0.2, 0.25) is 18.6 Å². The topological polar surface area (TPSA) is 115 Å². The summed E-state index contributed by atoms with van der Waals surface area (Å²) >= 11 is 0. The zero-order valence-corrected chi connectivity index (χ0v) is 31.0. The number of ether oxygens (including phenoxy) is 1. The van der Waals surface area contributed by atoms with E-state index in [1.165, 1.54) is 0 Å². The first kappa shape index (κ1) is 35.0. The van der Waals surface area contributed by atoms with E-state index in [-0.39, 0.29) is 37.2 Å². The molecule has 0 aliphatic carbocycles. The highest BCUT2D eigenvalue weighted by atomic mass is 28.4. The van der Waals surface area contributed by atoms with Gasteiger partial charge in [-0.05, 0) is 72.6 Å². The molecule has 5 aromatic rings. The lowest BCUT2D eigenvalue weighted by molar-refractivity contribution is -0.150. The van der Waals surface area contributed by atoms with Gasteiger partial charge in [0, 0.05) is 52.0 Å². The molecule has 3 aliphatic heterocycles. The third-order valence-corrected chi connectivity index (χ3v) is 13.9. The Balaban J connectivity index is 1.15. The monoisotopic (exact) mass is 730 g/mol. The van der Waals surface area contributed by atoms with E-state index in [0.29, 0.717) is 35.6 Å². The number of aromatic amines is 1. The molecule has 1 aromatic heterocycles. The van der Waals surface area contributed by atoms with Crippen LogP contribution in [-0.2, 0) is 44.1 Å². The number of hydrogen-bond acceptors (Lipinski definition) is 5. The molecule has 0 saturated carbocycles. The third kappa shape index (κ3) is 5.96. The van der Waals surface area contributed by atoms with Crippen molar-refractivity contribution in [2.75, 3.05) is 16.8 Å². The molecular weight excluding hydrogens is 688 g/mol. The summed E-state index contributed by atoms with van der Waals surface area (Å²) in [6, 6.07) is 29.8.